The van der Waals surface area contributed by atoms with Crippen LogP contribution in [0.3, 0.4) is 0 Å². The van der Waals surface area contributed by atoms with Crippen molar-refractivity contribution in [2.75, 3.05) is 27.2 Å². The number of likely N-dealkylation sites (N-methyl/N-ethyl adjacent to an activating group) is 1. The number of nitrogens with zero attached hydrogens (tertiary/aromatic N) is 2. The maximum atomic E-state index is 12.6. The van der Waals surface area contributed by atoms with Gasteiger partial charge in [-0.25, -0.2) is 0 Å². The van der Waals surface area contributed by atoms with E-state index >= 15 is 0 Å². The minimum atomic E-state index is -0.186. The zero-order valence-corrected chi connectivity index (χ0v) is 10.9. The molecule has 1 aliphatic heterocycles. The van der Waals surface area contributed by atoms with E-state index in [4.69, 9.17) is 5.73 Å². The molecule has 0 spiro atoms. The second-order valence-corrected chi connectivity index (χ2v) is 6.43. The van der Waals surface area contributed by atoms with Crippen LogP contribution in [0.25, 0.3) is 0 Å². The quantitative estimate of drug-likeness (QED) is 0.757. The zero-order valence-electron chi connectivity index (χ0n) is 10.9. The SMILES string of the molecule is CN(C)C1(C(=O)N2CC3CCCC3(N)C2)CC1. The molecule has 2 atom stereocenters. The Morgan fingerprint density at radius 3 is 2.59 bits per heavy atom. The second-order valence-electron chi connectivity index (χ2n) is 6.43. The molecule has 2 N–H and O–H groups in total. The van der Waals surface area contributed by atoms with Gasteiger partial charge in [0.1, 0.15) is 5.54 Å². The van der Waals surface area contributed by atoms with Crippen molar-refractivity contribution in [1.29, 1.82) is 0 Å². The summed E-state index contributed by atoms with van der Waals surface area (Å²) in [6, 6.07) is 0. The highest BCUT2D eigenvalue weighted by atomic mass is 16.2. The number of carbonyl (C=O) groups is 1. The predicted octanol–water partition coefficient (Wildman–Crippen LogP) is 0.420. The number of hydrogen-bond acceptors (Lipinski definition) is 3. The van der Waals surface area contributed by atoms with E-state index in [1.807, 2.05) is 19.0 Å². The van der Waals surface area contributed by atoms with Gasteiger partial charge in [0, 0.05) is 18.6 Å². The summed E-state index contributed by atoms with van der Waals surface area (Å²) < 4.78 is 0. The third kappa shape index (κ3) is 1.54. The summed E-state index contributed by atoms with van der Waals surface area (Å²) >= 11 is 0. The summed E-state index contributed by atoms with van der Waals surface area (Å²) in [5.41, 5.74) is 6.17. The Kier molecular flexibility index (Phi) is 2.33. The number of nitrogens with two attached hydrogens (primary N) is 1. The first-order chi connectivity index (χ1) is 7.98. The molecule has 1 amide bonds. The van der Waals surface area contributed by atoms with E-state index in [1.54, 1.807) is 0 Å². The largest absolute Gasteiger partial charge is 0.339 e. The molecule has 0 bridgehead atoms. The molecule has 3 fully saturated rings. The first-order valence-corrected chi connectivity index (χ1v) is 6.74. The van der Waals surface area contributed by atoms with Gasteiger partial charge in [0.25, 0.3) is 0 Å². The van der Waals surface area contributed by atoms with Crippen molar-refractivity contribution >= 4 is 5.91 Å². The van der Waals surface area contributed by atoms with Crippen LogP contribution in [0, 0.1) is 5.92 Å². The first kappa shape index (κ1) is 11.5. The lowest BCUT2D eigenvalue weighted by Crippen LogP contribution is -2.50. The van der Waals surface area contributed by atoms with Gasteiger partial charge in [0.05, 0.1) is 0 Å². The molecule has 4 nitrogen and oxygen atoms in total. The van der Waals surface area contributed by atoms with Gasteiger partial charge in [-0.15, -0.1) is 0 Å². The third-order valence-corrected chi connectivity index (χ3v) is 5.20. The maximum absolute atomic E-state index is 12.6. The van der Waals surface area contributed by atoms with E-state index in [0.29, 0.717) is 11.8 Å². The van der Waals surface area contributed by atoms with Crippen LogP contribution >= 0.6 is 0 Å². The van der Waals surface area contributed by atoms with E-state index in [2.05, 4.69) is 4.90 Å². The summed E-state index contributed by atoms with van der Waals surface area (Å²) in [5.74, 6) is 0.867. The number of rotatable bonds is 2. The number of fused-ring (bicyclic) bond motifs is 1. The van der Waals surface area contributed by atoms with Crippen molar-refractivity contribution in [3.05, 3.63) is 0 Å². The highest BCUT2D eigenvalue weighted by Gasteiger charge is 2.57. The molecular weight excluding hydrogens is 214 g/mol. The summed E-state index contributed by atoms with van der Waals surface area (Å²) in [6.45, 7) is 1.68. The molecule has 0 aromatic rings. The molecule has 0 radical (unpaired) electrons. The standard InChI is InChI=1S/C13H23N3O/c1-15(2)13(6-7-13)11(17)16-8-10-4-3-5-12(10,14)9-16/h10H,3-9,14H2,1-2H3. The number of hydrogen-bond donors (Lipinski definition) is 1. The molecule has 0 aromatic heterocycles. The monoisotopic (exact) mass is 237 g/mol. The number of amides is 1. The van der Waals surface area contributed by atoms with E-state index in [1.165, 1.54) is 12.8 Å². The second kappa shape index (κ2) is 3.45. The fourth-order valence-electron chi connectivity index (χ4n) is 3.76. The van der Waals surface area contributed by atoms with Crippen LogP contribution < -0.4 is 5.73 Å². The smallest absolute Gasteiger partial charge is 0.243 e. The normalized spacial score (nSPS) is 38.6. The van der Waals surface area contributed by atoms with Crippen molar-refractivity contribution in [3.63, 3.8) is 0 Å². The molecule has 17 heavy (non-hydrogen) atoms. The minimum absolute atomic E-state index is 0.0714. The van der Waals surface area contributed by atoms with Crippen LogP contribution in [-0.4, -0.2) is 54.0 Å². The summed E-state index contributed by atoms with van der Waals surface area (Å²) in [4.78, 5) is 16.7. The van der Waals surface area contributed by atoms with E-state index in [-0.39, 0.29) is 11.1 Å². The topological polar surface area (TPSA) is 49.6 Å². The van der Waals surface area contributed by atoms with Gasteiger partial charge >= 0.3 is 0 Å². The average Bonchev–Trinajstić information content (AvgIpc) is 2.90. The van der Waals surface area contributed by atoms with Crippen LogP contribution in [0.1, 0.15) is 32.1 Å². The Labute approximate surface area is 103 Å². The summed E-state index contributed by atoms with van der Waals surface area (Å²) in [7, 11) is 4.03. The Hall–Kier alpha value is -0.610. The molecular formula is C13H23N3O. The Morgan fingerprint density at radius 2 is 2.06 bits per heavy atom. The maximum Gasteiger partial charge on any atom is 0.243 e. The van der Waals surface area contributed by atoms with Crippen molar-refractivity contribution in [3.8, 4) is 0 Å². The van der Waals surface area contributed by atoms with Crippen molar-refractivity contribution in [1.82, 2.24) is 9.80 Å². The summed E-state index contributed by atoms with van der Waals surface area (Å²) in [6.07, 6.45) is 5.56. The molecule has 2 saturated carbocycles. The lowest BCUT2D eigenvalue weighted by Gasteiger charge is -2.29. The van der Waals surface area contributed by atoms with Crippen molar-refractivity contribution < 1.29 is 4.79 Å². The fraction of sp³-hybridized carbons (Fsp3) is 0.923. The molecule has 4 heteroatoms. The molecule has 0 aromatic carbocycles. The molecule has 1 saturated heterocycles. The molecule has 2 aliphatic carbocycles. The fourth-order valence-corrected chi connectivity index (χ4v) is 3.76. The van der Waals surface area contributed by atoms with Gasteiger partial charge in [0.15, 0.2) is 0 Å². The van der Waals surface area contributed by atoms with Crippen LogP contribution in [0.15, 0.2) is 0 Å². The Balaban J connectivity index is 1.74. The van der Waals surface area contributed by atoms with E-state index in [0.717, 1.165) is 32.4 Å². The van der Waals surface area contributed by atoms with Gasteiger partial charge in [-0.1, -0.05) is 6.42 Å². The highest BCUT2D eigenvalue weighted by Crippen LogP contribution is 2.45. The predicted molar refractivity (Wildman–Crippen MR) is 66.5 cm³/mol. The van der Waals surface area contributed by atoms with Gasteiger partial charge in [-0.2, -0.15) is 0 Å². The van der Waals surface area contributed by atoms with Crippen LogP contribution in [-0.2, 0) is 4.79 Å². The molecule has 3 aliphatic rings. The van der Waals surface area contributed by atoms with Gasteiger partial charge < -0.3 is 10.6 Å². The summed E-state index contributed by atoms with van der Waals surface area (Å²) in [5, 5.41) is 0. The van der Waals surface area contributed by atoms with Gasteiger partial charge in [0.2, 0.25) is 5.91 Å². The highest BCUT2D eigenvalue weighted by molar-refractivity contribution is 5.89. The number of carbonyl (C=O) groups excluding carboxylic acids is 1. The Morgan fingerprint density at radius 1 is 1.35 bits per heavy atom. The minimum Gasteiger partial charge on any atom is -0.339 e. The van der Waals surface area contributed by atoms with Crippen molar-refractivity contribution in [2.24, 2.45) is 11.7 Å². The van der Waals surface area contributed by atoms with Crippen LogP contribution in [0.4, 0.5) is 0 Å². The van der Waals surface area contributed by atoms with Crippen LogP contribution in [0.5, 0.6) is 0 Å². The first-order valence-electron chi connectivity index (χ1n) is 6.74. The molecule has 1 heterocycles. The van der Waals surface area contributed by atoms with Crippen LogP contribution in [0.2, 0.25) is 0 Å². The average molecular weight is 237 g/mol. The third-order valence-electron chi connectivity index (χ3n) is 5.20. The van der Waals surface area contributed by atoms with Gasteiger partial charge in [-0.05, 0) is 45.7 Å². The molecule has 96 valence electrons. The van der Waals surface area contributed by atoms with Gasteiger partial charge in [-0.3, -0.25) is 9.69 Å². The van der Waals surface area contributed by atoms with E-state index in [9.17, 15) is 4.79 Å². The number of likely N-dealkylation sites (tertiary alicyclic amines) is 1. The Bertz CT molecular complexity index is 351. The molecule has 3 rings (SSSR count). The van der Waals surface area contributed by atoms with E-state index < -0.39 is 0 Å². The molecule has 2 unspecified atom stereocenters. The lowest BCUT2D eigenvalue weighted by atomic mass is 9.92. The zero-order chi connectivity index (χ0) is 12.3. The lowest BCUT2D eigenvalue weighted by molar-refractivity contribution is -0.137. The van der Waals surface area contributed by atoms with Crippen molar-refractivity contribution in [2.45, 2.75) is 43.2 Å².